The molecule has 1 aliphatic carbocycles. The zero-order chi connectivity index (χ0) is 11.4. The van der Waals surface area contributed by atoms with Crippen LogP contribution in [0.4, 0.5) is 5.00 Å². The van der Waals surface area contributed by atoms with Gasteiger partial charge in [0.1, 0.15) is 0 Å². The van der Waals surface area contributed by atoms with Gasteiger partial charge in [-0.3, -0.25) is 10.1 Å². The van der Waals surface area contributed by atoms with Crippen LogP contribution in [0.2, 0.25) is 0 Å². The molecule has 0 atom stereocenters. The lowest BCUT2D eigenvalue weighted by Crippen LogP contribution is -2.30. The molecule has 1 aromatic rings. The Bertz CT molecular complexity index is 359. The van der Waals surface area contributed by atoms with Crippen molar-refractivity contribution in [3.63, 3.8) is 0 Å². The van der Waals surface area contributed by atoms with E-state index >= 15 is 0 Å². The van der Waals surface area contributed by atoms with Crippen LogP contribution in [0.1, 0.15) is 37.7 Å². The second-order valence-corrected chi connectivity index (χ2v) is 5.16. The molecule has 0 bridgehead atoms. The van der Waals surface area contributed by atoms with Crippen LogP contribution >= 0.6 is 11.3 Å². The predicted octanol–water partition coefficient (Wildman–Crippen LogP) is 3.08. The van der Waals surface area contributed by atoms with Crippen molar-refractivity contribution in [1.29, 1.82) is 0 Å². The van der Waals surface area contributed by atoms with Crippen molar-refractivity contribution >= 4 is 16.3 Å². The van der Waals surface area contributed by atoms with Gasteiger partial charge in [0.05, 0.1) is 4.92 Å². The summed E-state index contributed by atoms with van der Waals surface area (Å²) in [6.45, 7) is 0.759. The molecule has 1 heterocycles. The summed E-state index contributed by atoms with van der Waals surface area (Å²) in [6, 6.07) is 2.27. The van der Waals surface area contributed by atoms with Crippen LogP contribution in [-0.2, 0) is 6.54 Å². The smallest absolute Gasteiger partial charge is 0.310 e. The molecule has 5 heteroatoms. The fourth-order valence-electron chi connectivity index (χ4n) is 2.12. The van der Waals surface area contributed by atoms with E-state index in [4.69, 9.17) is 0 Å². The van der Waals surface area contributed by atoms with Gasteiger partial charge in [-0.1, -0.05) is 30.6 Å². The van der Waals surface area contributed by atoms with Crippen molar-refractivity contribution in [2.45, 2.75) is 44.7 Å². The van der Waals surface area contributed by atoms with Gasteiger partial charge in [-0.2, -0.15) is 0 Å². The van der Waals surface area contributed by atoms with Crippen molar-refractivity contribution in [1.82, 2.24) is 5.32 Å². The number of rotatable bonds is 4. The molecule has 0 spiro atoms. The third kappa shape index (κ3) is 3.02. The summed E-state index contributed by atoms with van der Waals surface area (Å²) in [6.07, 6.45) is 6.45. The molecule has 1 saturated carbocycles. The topological polar surface area (TPSA) is 55.2 Å². The van der Waals surface area contributed by atoms with E-state index in [9.17, 15) is 10.1 Å². The molecule has 1 N–H and O–H groups in total. The highest BCUT2D eigenvalue weighted by molar-refractivity contribution is 7.13. The SMILES string of the molecule is O=[N+]([O-])c1cc(CNC2CCCCC2)cs1. The molecule has 0 aliphatic heterocycles. The Hall–Kier alpha value is -0.940. The Labute approximate surface area is 98.8 Å². The quantitative estimate of drug-likeness (QED) is 0.650. The summed E-state index contributed by atoms with van der Waals surface area (Å²) >= 11 is 1.21. The average Bonchev–Trinajstić information content (AvgIpc) is 2.76. The minimum atomic E-state index is -0.325. The second kappa shape index (κ2) is 5.41. The molecule has 2 rings (SSSR count). The number of hydrogen-bond acceptors (Lipinski definition) is 4. The number of nitrogens with one attached hydrogen (secondary N) is 1. The predicted molar refractivity (Wildman–Crippen MR) is 64.7 cm³/mol. The lowest BCUT2D eigenvalue weighted by atomic mass is 9.95. The maximum atomic E-state index is 10.5. The van der Waals surface area contributed by atoms with E-state index in [1.807, 2.05) is 5.38 Å². The molecule has 1 fully saturated rings. The highest BCUT2D eigenvalue weighted by atomic mass is 32.1. The average molecular weight is 240 g/mol. The molecule has 0 saturated heterocycles. The van der Waals surface area contributed by atoms with Gasteiger partial charge >= 0.3 is 5.00 Å². The largest absolute Gasteiger partial charge is 0.324 e. The molecule has 1 aromatic heterocycles. The summed E-state index contributed by atoms with van der Waals surface area (Å²) in [4.78, 5) is 10.2. The van der Waals surface area contributed by atoms with Crippen molar-refractivity contribution in [3.8, 4) is 0 Å². The molecule has 16 heavy (non-hydrogen) atoms. The molecule has 4 nitrogen and oxygen atoms in total. The van der Waals surface area contributed by atoms with E-state index in [1.54, 1.807) is 6.07 Å². The van der Waals surface area contributed by atoms with Crippen molar-refractivity contribution in [2.75, 3.05) is 0 Å². The zero-order valence-electron chi connectivity index (χ0n) is 9.15. The van der Waals surface area contributed by atoms with E-state index in [0.29, 0.717) is 6.04 Å². The first-order valence-corrected chi connectivity index (χ1v) is 6.59. The highest BCUT2D eigenvalue weighted by Crippen LogP contribution is 2.23. The first-order valence-electron chi connectivity index (χ1n) is 5.71. The standard InChI is InChI=1S/C11H16N2O2S/c14-13(15)11-6-9(8-16-11)7-12-10-4-2-1-3-5-10/h6,8,10,12H,1-5,7H2. The number of thiophene rings is 1. The van der Waals surface area contributed by atoms with Crippen molar-refractivity contribution in [3.05, 3.63) is 27.1 Å². The lowest BCUT2D eigenvalue weighted by Gasteiger charge is -2.22. The van der Waals surface area contributed by atoms with Crippen LogP contribution in [0.5, 0.6) is 0 Å². The van der Waals surface area contributed by atoms with E-state index < -0.39 is 0 Å². The summed E-state index contributed by atoms with van der Waals surface area (Å²) in [5.74, 6) is 0. The van der Waals surface area contributed by atoms with Gasteiger partial charge in [0, 0.05) is 24.0 Å². The second-order valence-electron chi connectivity index (χ2n) is 4.27. The molecule has 0 aromatic carbocycles. The van der Waals surface area contributed by atoms with Crippen LogP contribution in [0.25, 0.3) is 0 Å². The van der Waals surface area contributed by atoms with Gasteiger partial charge in [0.2, 0.25) is 0 Å². The maximum absolute atomic E-state index is 10.5. The molecule has 1 aliphatic rings. The Kier molecular flexibility index (Phi) is 3.90. The molecular formula is C11H16N2O2S. The van der Waals surface area contributed by atoms with Crippen LogP contribution < -0.4 is 5.32 Å². The van der Waals surface area contributed by atoms with Crippen LogP contribution in [0.15, 0.2) is 11.4 Å². The van der Waals surface area contributed by atoms with Gasteiger partial charge in [0.25, 0.3) is 0 Å². The summed E-state index contributed by atoms with van der Waals surface area (Å²) in [5, 5.41) is 16.1. The number of nitro groups is 1. The van der Waals surface area contributed by atoms with Crippen LogP contribution in [0, 0.1) is 10.1 Å². The Balaban J connectivity index is 1.81. The molecule has 0 radical (unpaired) electrons. The van der Waals surface area contributed by atoms with E-state index in [1.165, 1.54) is 43.4 Å². The monoisotopic (exact) mass is 240 g/mol. The van der Waals surface area contributed by atoms with Gasteiger partial charge in [-0.25, -0.2) is 0 Å². The molecule has 0 unspecified atom stereocenters. The number of hydrogen-bond donors (Lipinski definition) is 1. The third-order valence-corrected chi connectivity index (χ3v) is 3.95. The normalized spacial score (nSPS) is 17.5. The lowest BCUT2D eigenvalue weighted by molar-refractivity contribution is -0.380. The van der Waals surface area contributed by atoms with Gasteiger partial charge < -0.3 is 5.32 Å². The van der Waals surface area contributed by atoms with Gasteiger partial charge in [-0.15, -0.1) is 0 Å². The fraction of sp³-hybridized carbons (Fsp3) is 0.636. The minimum absolute atomic E-state index is 0.237. The molecule has 88 valence electrons. The number of nitrogens with zero attached hydrogens (tertiary/aromatic N) is 1. The highest BCUT2D eigenvalue weighted by Gasteiger charge is 2.14. The van der Waals surface area contributed by atoms with Crippen LogP contribution in [-0.4, -0.2) is 11.0 Å². The molecule has 0 amide bonds. The Morgan fingerprint density at radius 3 is 2.81 bits per heavy atom. The van der Waals surface area contributed by atoms with E-state index in [2.05, 4.69) is 5.32 Å². The van der Waals surface area contributed by atoms with Crippen molar-refractivity contribution in [2.24, 2.45) is 0 Å². The summed E-state index contributed by atoms with van der Waals surface area (Å²) in [7, 11) is 0. The summed E-state index contributed by atoms with van der Waals surface area (Å²) < 4.78 is 0. The minimum Gasteiger partial charge on any atom is -0.310 e. The van der Waals surface area contributed by atoms with Crippen molar-refractivity contribution < 1.29 is 4.92 Å². The van der Waals surface area contributed by atoms with E-state index in [0.717, 1.165) is 12.1 Å². The van der Waals surface area contributed by atoms with Gasteiger partial charge in [-0.05, 0) is 18.4 Å². The fourth-order valence-corrected chi connectivity index (χ4v) is 2.85. The zero-order valence-corrected chi connectivity index (χ0v) is 9.96. The van der Waals surface area contributed by atoms with Crippen LogP contribution in [0.3, 0.4) is 0 Å². The first kappa shape index (κ1) is 11.5. The maximum Gasteiger partial charge on any atom is 0.324 e. The summed E-state index contributed by atoms with van der Waals surface area (Å²) in [5.41, 5.74) is 1.03. The Morgan fingerprint density at radius 1 is 1.44 bits per heavy atom. The molecular weight excluding hydrogens is 224 g/mol. The third-order valence-electron chi connectivity index (χ3n) is 3.02. The Morgan fingerprint density at radius 2 is 2.19 bits per heavy atom. The first-order chi connectivity index (χ1) is 7.75. The van der Waals surface area contributed by atoms with E-state index in [-0.39, 0.29) is 9.92 Å². The van der Waals surface area contributed by atoms with Gasteiger partial charge in [0.15, 0.2) is 0 Å².